The molecule has 0 aliphatic heterocycles. The first-order valence-electron chi connectivity index (χ1n) is 7.11. The Balaban J connectivity index is 2.78. The van der Waals surface area contributed by atoms with E-state index >= 15 is 0 Å². The molecule has 1 atom stereocenters. The average Bonchev–Trinajstić information content (AvgIpc) is 2.47. The standard InChI is InChI=1S/C16H23BrO3/c1-4-6-7-12(5-2)11-20-16-14(17)8-13(10-18)9-15(16)19-3/h8-10,12H,4-7,11H2,1-3H3. The number of carbonyl (C=O) groups excluding carboxylic acids is 1. The van der Waals surface area contributed by atoms with E-state index in [-0.39, 0.29) is 0 Å². The van der Waals surface area contributed by atoms with Gasteiger partial charge >= 0.3 is 0 Å². The average molecular weight is 343 g/mol. The van der Waals surface area contributed by atoms with Crippen LogP contribution in [0.25, 0.3) is 0 Å². The third-order valence-corrected chi connectivity index (χ3v) is 3.98. The van der Waals surface area contributed by atoms with Gasteiger partial charge in [0.1, 0.15) is 6.29 Å². The highest BCUT2D eigenvalue weighted by Crippen LogP contribution is 2.36. The van der Waals surface area contributed by atoms with Gasteiger partial charge in [0.2, 0.25) is 0 Å². The van der Waals surface area contributed by atoms with Gasteiger partial charge in [0.05, 0.1) is 18.2 Å². The summed E-state index contributed by atoms with van der Waals surface area (Å²) in [5, 5.41) is 0. The number of hydrogen-bond donors (Lipinski definition) is 0. The Morgan fingerprint density at radius 2 is 2.10 bits per heavy atom. The van der Waals surface area contributed by atoms with Gasteiger partial charge in [-0.2, -0.15) is 0 Å². The van der Waals surface area contributed by atoms with Gasteiger partial charge < -0.3 is 9.47 Å². The number of ether oxygens (including phenoxy) is 2. The summed E-state index contributed by atoms with van der Waals surface area (Å²) in [4.78, 5) is 10.9. The fourth-order valence-corrected chi connectivity index (χ4v) is 2.62. The van der Waals surface area contributed by atoms with Gasteiger partial charge in [-0.25, -0.2) is 0 Å². The number of hydrogen-bond acceptors (Lipinski definition) is 3. The molecule has 0 N–H and O–H groups in total. The Morgan fingerprint density at radius 1 is 1.35 bits per heavy atom. The van der Waals surface area contributed by atoms with Crippen LogP contribution in [0.2, 0.25) is 0 Å². The van der Waals surface area contributed by atoms with Gasteiger partial charge in [-0.15, -0.1) is 0 Å². The third-order valence-electron chi connectivity index (χ3n) is 3.39. The Morgan fingerprint density at radius 3 is 2.65 bits per heavy atom. The molecular formula is C16H23BrO3. The number of carbonyl (C=O) groups is 1. The normalized spacial score (nSPS) is 12.0. The minimum absolute atomic E-state index is 0.553. The molecule has 0 heterocycles. The lowest BCUT2D eigenvalue weighted by molar-refractivity contribution is 0.112. The molecule has 112 valence electrons. The predicted molar refractivity (Wildman–Crippen MR) is 84.9 cm³/mol. The van der Waals surface area contributed by atoms with Gasteiger partial charge in [0.25, 0.3) is 0 Å². The second-order valence-corrected chi connectivity index (χ2v) is 5.73. The Kier molecular flexibility index (Phi) is 7.67. The van der Waals surface area contributed by atoms with E-state index in [0.29, 0.717) is 29.6 Å². The van der Waals surface area contributed by atoms with Crippen LogP contribution in [0.5, 0.6) is 11.5 Å². The van der Waals surface area contributed by atoms with Crippen molar-refractivity contribution in [3.8, 4) is 11.5 Å². The van der Waals surface area contributed by atoms with Crippen LogP contribution in [-0.4, -0.2) is 20.0 Å². The molecule has 0 spiro atoms. The molecule has 0 saturated heterocycles. The van der Waals surface area contributed by atoms with Crippen LogP contribution < -0.4 is 9.47 Å². The predicted octanol–water partition coefficient (Wildman–Crippen LogP) is 4.87. The van der Waals surface area contributed by atoms with Crippen molar-refractivity contribution in [1.82, 2.24) is 0 Å². The first-order valence-corrected chi connectivity index (χ1v) is 7.91. The monoisotopic (exact) mass is 342 g/mol. The van der Waals surface area contributed by atoms with E-state index in [1.165, 1.54) is 19.3 Å². The molecule has 0 amide bonds. The number of benzene rings is 1. The van der Waals surface area contributed by atoms with Crippen molar-refractivity contribution in [3.05, 3.63) is 22.2 Å². The van der Waals surface area contributed by atoms with Crippen molar-refractivity contribution in [3.63, 3.8) is 0 Å². The SMILES string of the molecule is CCCCC(CC)COc1c(Br)cc(C=O)cc1OC. The highest BCUT2D eigenvalue weighted by Gasteiger charge is 2.14. The minimum Gasteiger partial charge on any atom is -0.493 e. The molecule has 0 bridgehead atoms. The van der Waals surface area contributed by atoms with Gasteiger partial charge in [-0.1, -0.05) is 33.1 Å². The van der Waals surface area contributed by atoms with Crippen molar-refractivity contribution in [2.75, 3.05) is 13.7 Å². The molecular weight excluding hydrogens is 320 g/mol. The van der Waals surface area contributed by atoms with Crippen molar-refractivity contribution < 1.29 is 14.3 Å². The lowest BCUT2D eigenvalue weighted by Gasteiger charge is -2.18. The molecule has 1 unspecified atom stereocenters. The van der Waals surface area contributed by atoms with E-state index in [4.69, 9.17) is 9.47 Å². The summed E-state index contributed by atoms with van der Waals surface area (Å²) in [7, 11) is 1.58. The van der Waals surface area contributed by atoms with Crippen molar-refractivity contribution in [1.29, 1.82) is 0 Å². The molecule has 0 aliphatic rings. The largest absolute Gasteiger partial charge is 0.493 e. The third kappa shape index (κ3) is 4.82. The second-order valence-electron chi connectivity index (χ2n) is 4.88. The summed E-state index contributed by atoms with van der Waals surface area (Å²) in [6.45, 7) is 5.06. The molecule has 4 heteroatoms. The van der Waals surface area contributed by atoms with Gasteiger partial charge in [0, 0.05) is 5.56 Å². The molecule has 1 aromatic carbocycles. The van der Waals surface area contributed by atoms with Crippen LogP contribution in [-0.2, 0) is 0 Å². The zero-order valence-electron chi connectivity index (χ0n) is 12.4. The maximum Gasteiger partial charge on any atom is 0.175 e. The highest BCUT2D eigenvalue weighted by atomic mass is 79.9. The van der Waals surface area contributed by atoms with E-state index in [1.54, 1.807) is 19.2 Å². The maximum absolute atomic E-state index is 10.9. The zero-order valence-corrected chi connectivity index (χ0v) is 14.0. The smallest absolute Gasteiger partial charge is 0.175 e. The summed E-state index contributed by atoms with van der Waals surface area (Å²) in [5.41, 5.74) is 0.569. The summed E-state index contributed by atoms with van der Waals surface area (Å²) in [5.74, 6) is 1.82. The summed E-state index contributed by atoms with van der Waals surface area (Å²) in [6.07, 6.45) is 5.51. The molecule has 1 rings (SSSR count). The van der Waals surface area contributed by atoms with Gasteiger partial charge in [-0.05, 0) is 40.4 Å². The second kappa shape index (κ2) is 9.01. The first kappa shape index (κ1) is 17.0. The number of rotatable bonds is 9. The lowest BCUT2D eigenvalue weighted by atomic mass is 10.0. The van der Waals surface area contributed by atoms with E-state index in [0.717, 1.165) is 17.2 Å². The molecule has 20 heavy (non-hydrogen) atoms. The summed E-state index contributed by atoms with van der Waals surface area (Å²) in [6, 6.07) is 3.44. The molecule has 0 aliphatic carbocycles. The van der Waals surface area contributed by atoms with E-state index in [9.17, 15) is 4.79 Å². The minimum atomic E-state index is 0.553. The maximum atomic E-state index is 10.9. The molecule has 0 saturated carbocycles. The van der Waals surface area contributed by atoms with Gasteiger partial charge in [-0.3, -0.25) is 4.79 Å². The van der Waals surface area contributed by atoms with Crippen LogP contribution in [0.3, 0.4) is 0 Å². The van der Waals surface area contributed by atoms with Crippen LogP contribution in [0.15, 0.2) is 16.6 Å². The Labute approximate surface area is 129 Å². The highest BCUT2D eigenvalue weighted by molar-refractivity contribution is 9.10. The fourth-order valence-electron chi connectivity index (χ4n) is 2.05. The zero-order chi connectivity index (χ0) is 15.0. The Hall–Kier alpha value is -1.03. The van der Waals surface area contributed by atoms with Crippen LogP contribution in [0, 0.1) is 5.92 Å². The topological polar surface area (TPSA) is 35.5 Å². The fraction of sp³-hybridized carbons (Fsp3) is 0.562. The quantitative estimate of drug-likeness (QED) is 0.601. The lowest BCUT2D eigenvalue weighted by Crippen LogP contribution is -2.12. The van der Waals surface area contributed by atoms with Crippen molar-refractivity contribution >= 4 is 22.2 Å². The van der Waals surface area contributed by atoms with E-state index in [1.807, 2.05) is 0 Å². The summed E-state index contributed by atoms with van der Waals surface area (Å²) >= 11 is 3.44. The molecule has 0 aromatic heterocycles. The molecule has 0 radical (unpaired) electrons. The molecule has 0 fully saturated rings. The van der Waals surface area contributed by atoms with Crippen LogP contribution in [0.4, 0.5) is 0 Å². The number of methoxy groups -OCH3 is 1. The van der Waals surface area contributed by atoms with Crippen molar-refractivity contribution in [2.24, 2.45) is 5.92 Å². The number of aldehydes is 1. The first-order chi connectivity index (χ1) is 9.65. The van der Waals surface area contributed by atoms with E-state index in [2.05, 4.69) is 29.8 Å². The number of halogens is 1. The summed E-state index contributed by atoms with van der Waals surface area (Å²) < 4.78 is 12.0. The van der Waals surface area contributed by atoms with E-state index < -0.39 is 0 Å². The van der Waals surface area contributed by atoms with Crippen LogP contribution >= 0.6 is 15.9 Å². The molecule has 3 nitrogen and oxygen atoms in total. The molecule has 1 aromatic rings. The van der Waals surface area contributed by atoms with Gasteiger partial charge in [0.15, 0.2) is 11.5 Å². The van der Waals surface area contributed by atoms with Crippen LogP contribution in [0.1, 0.15) is 49.9 Å². The Bertz CT molecular complexity index is 432. The number of unbranched alkanes of at least 4 members (excludes halogenated alkanes) is 1. The van der Waals surface area contributed by atoms with Crippen molar-refractivity contribution in [2.45, 2.75) is 39.5 Å².